The van der Waals surface area contributed by atoms with Gasteiger partial charge in [0.1, 0.15) is 5.75 Å². The number of piperidine rings is 1. The van der Waals surface area contributed by atoms with Crippen LogP contribution in [0, 0.1) is 5.92 Å². The Morgan fingerprint density at radius 2 is 1.81 bits per heavy atom. The maximum Gasteiger partial charge on any atom is 0.257 e. The molecule has 26 heavy (non-hydrogen) atoms. The fourth-order valence-electron chi connectivity index (χ4n) is 3.36. The highest BCUT2D eigenvalue weighted by Crippen LogP contribution is 2.24. The summed E-state index contributed by atoms with van der Waals surface area (Å²) >= 11 is 0. The van der Waals surface area contributed by atoms with Crippen molar-refractivity contribution >= 4 is 11.8 Å². The van der Waals surface area contributed by atoms with E-state index < -0.39 is 0 Å². The lowest BCUT2D eigenvalue weighted by Crippen LogP contribution is -2.41. The lowest BCUT2D eigenvalue weighted by Gasteiger charge is -2.31. The summed E-state index contributed by atoms with van der Waals surface area (Å²) in [4.78, 5) is 28.0. The summed E-state index contributed by atoms with van der Waals surface area (Å²) in [7, 11) is 0. The largest absolute Gasteiger partial charge is 0.492 e. The van der Waals surface area contributed by atoms with Crippen LogP contribution in [-0.2, 0) is 9.53 Å². The molecule has 1 aromatic rings. The van der Waals surface area contributed by atoms with E-state index in [-0.39, 0.29) is 11.8 Å². The minimum absolute atomic E-state index is 0.00435. The van der Waals surface area contributed by atoms with Crippen molar-refractivity contribution in [1.29, 1.82) is 0 Å². The van der Waals surface area contributed by atoms with Gasteiger partial charge in [-0.05, 0) is 37.0 Å². The number of carbonyl (C=O) groups excluding carboxylic acids is 2. The van der Waals surface area contributed by atoms with Crippen molar-refractivity contribution in [2.45, 2.75) is 12.8 Å². The van der Waals surface area contributed by atoms with Crippen molar-refractivity contribution in [1.82, 2.24) is 9.80 Å². The summed E-state index contributed by atoms with van der Waals surface area (Å²) in [6.07, 6.45) is 3.17. The third kappa shape index (κ3) is 4.43. The van der Waals surface area contributed by atoms with E-state index in [0.717, 1.165) is 25.9 Å². The van der Waals surface area contributed by atoms with Gasteiger partial charge in [-0.2, -0.15) is 0 Å². The van der Waals surface area contributed by atoms with Crippen LogP contribution < -0.4 is 4.74 Å². The van der Waals surface area contributed by atoms with E-state index >= 15 is 0 Å². The van der Waals surface area contributed by atoms with Crippen LogP contribution in [-0.4, -0.2) is 67.6 Å². The lowest BCUT2D eigenvalue weighted by molar-refractivity contribution is -0.127. The average Bonchev–Trinajstić information content (AvgIpc) is 2.72. The van der Waals surface area contributed by atoms with E-state index in [9.17, 15) is 9.59 Å². The third-order valence-electron chi connectivity index (χ3n) is 4.99. The van der Waals surface area contributed by atoms with E-state index in [1.165, 1.54) is 6.08 Å². The second-order valence-corrected chi connectivity index (χ2v) is 6.68. The zero-order valence-corrected chi connectivity index (χ0v) is 15.1. The third-order valence-corrected chi connectivity index (χ3v) is 4.99. The van der Waals surface area contributed by atoms with Crippen molar-refractivity contribution in [2.24, 2.45) is 5.92 Å². The molecule has 2 aliphatic rings. The van der Waals surface area contributed by atoms with E-state index in [2.05, 4.69) is 6.58 Å². The number of ether oxygens (including phenoxy) is 2. The summed E-state index contributed by atoms with van der Waals surface area (Å²) in [5.74, 6) is 1.00. The van der Waals surface area contributed by atoms with Gasteiger partial charge >= 0.3 is 0 Å². The predicted molar refractivity (Wildman–Crippen MR) is 98.2 cm³/mol. The van der Waals surface area contributed by atoms with E-state index in [1.54, 1.807) is 0 Å². The van der Waals surface area contributed by atoms with Crippen LogP contribution >= 0.6 is 0 Å². The topological polar surface area (TPSA) is 59.1 Å². The molecule has 6 nitrogen and oxygen atoms in total. The van der Waals surface area contributed by atoms with Gasteiger partial charge in [-0.15, -0.1) is 0 Å². The zero-order chi connectivity index (χ0) is 18.4. The summed E-state index contributed by atoms with van der Waals surface area (Å²) < 4.78 is 11.3. The molecular formula is C20H26N2O4. The van der Waals surface area contributed by atoms with Gasteiger partial charge in [-0.25, -0.2) is 0 Å². The van der Waals surface area contributed by atoms with Crippen molar-refractivity contribution in [2.75, 3.05) is 46.0 Å². The predicted octanol–water partition coefficient (Wildman–Crippen LogP) is 1.96. The molecule has 0 saturated carbocycles. The van der Waals surface area contributed by atoms with Crippen molar-refractivity contribution in [3.8, 4) is 5.75 Å². The monoisotopic (exact) mass is 358 g/mol. The van der Waals surface area contributed by atoms with Gasteiger partial charge < -0.3 is 19.3 Å². The summed E-state index contributed by atoms with van der Waals surface area (Å²) in [6, 6.07) is 7.42. The maximum atomic E-state index is 12.8. The number of hydrogen-bond donors (Lipinski definition) is 0. The van der Waals surface area contributed by atoms with Gasteiger partial charge in [-0.1, -0.05) is 18.7 Å². The molecular weight excluding hydrogens is 332 g/mol. The van der Waals surface area contributed by atoms with Crippen molar-refractivity contribution in [3.05, 3.63) is 42.5 Å². The van der Waals surface area contributed by atoms with Gasteiger partial charge in [0, 0.05) is 26.2 Å². The fraction of sp³-hybridized carbons (Fsp3) is 0.500. The van der Waals surface area contributed by atoms with Crippen LogP contribution in [0.2, 0.25) is 0 Å². The van der Waals surface area contributed by atoms with Gasteiger partial charge in [0.25, 0.3) is 5.91 Å². The standard InChI is InChI=1S/C20H26N2O4/c1-2-19(23)21-9-7-16(8-10-21)15-26-18-6-4-3-5-17(18)20(24)22-11-13-25-14-12-22/h2-6,16H,1,7-15H2. The van der Waals surface area contributed by atoms with Gasteiger partial charge in [0.2, 0.25) is 5.91 Å². The van der Waals surface area contributed by atoms with Crippen LogP contribution in [0.25, 0.3) is 0 Å². The first-order valence-corrected chi connectivity index (χ1v) is 9.19. The zero-order valence-electron chi connectivity index (χ0n) is 15.1. The Hall–Kier alpha value is -2.34. The minimum Gasteiger partial charge on any atom is -0.492 e. The molecule has 0 unspecified atom stereocenters. The fourth-order valence-corrected chi connectivity index (χ4v) is 3.36. The molecule has 0 spiro atoms. The van der Waals surface area contributed by atoms with E-state index in [1.807, 2.05) is 34.1 Å². The number of nitrogens with zero attached hydrogens (tertiary/aromatic N) is 2. The van der Waals surface area contributed by atoms with Crippen molar-refractivity contribution < 1.29 is 19.1 Å². The second kappa shape index (κ2) is 8.85. The molecule has 0 aromatic heterocycles. The number of amides is 2. The first-order valence-electron chi connectivity index (χ1n) is 9.19. The molecule has 2 heterocycles. The van der Waals surface area contributed by atoms with Crippen LogP contribution in [0.4, 0.5) is 0 Å². The molecule has 0 atom stereocenters. The Labute approximate surface area is 154 Å². The quantitative estimate of drug-likeness (QED) is 0.755. The maximum absolute atomic E-state index is 12.8. The normalized spacial score (nSPS) is 18.5. The average molecular weight is 358 g/mol. The molecule has 140 valence electrons. The summed E-state index contributed by atoms with van der Waals surface area (Å²) in [5.41, 5.74) is 0.605. The number of likely N-dealkylation sites (tertiary alicyclic amines) is 1. The Kier molecular flexibility index (Phi) is 6.28. The number of para-hydroxylation sites is 1. The molecule has 2 saturated heterocycles. The van der Waals surface area contributed by atoms with Gasteiger partial charge in [0.05, 0.1) is 25.4 Å². The van der Waals surface area contributed by atoms with Crippen LogP contribution in [0.1, 0.15) is 23.2 Å². The van der Waals surface area contributed by atoms with Gasteiger partial charge in [0.15, 0.2) is 0 Å². The molecule has 0 radical (unpaired) electrons. The molecule has 6 heteroatoms. The van der Waals surface area contributed by atoms with Gasteiger partial charge in [-0.3, -0.25) is 9.59 Å². The highest BCUT2D eigenvalue weighted by molar-refractivity contribution is 5.97. The van der Waals surface area contributed by atoms with Crippen LogP contribution in [0.3, 0.4) is 0 Å². The summed E-state index contributed by atoms with van der Waals surface area (Å²) in [6.45, 7) is 7.94. The SMILES string of the molecule is C=CC(=O)N1CCC(COc2ccccc2C(=O)N2CCOCC2)CC1. The lowest BCUT2D eigenvalue weighted by atomic mass is 9.97. The molecule has 0 bridgehead atoms. The summed E-state index contributed by atoms with van der Waals surface area (Å²) in [5, 5.41) is 0. The molecule has 2 amide bonds. The number of morpholine rings is 1. The number of rotatable bonds is 5. The molecule has 1 aromatic carbocycles. The van der Waals surface area contributed by atoms with E-state index in [0.29, 0.717) is 50.1 Å². The highest BCUT2D eigenvalue weighted by atomic mass is 16.5. The Morgan fingerprint density at radius 3 is 2.50 bits per heavy atom. The highest BCUT2D eigenvalue weighted by Gasteiger charge is 2.24. The second-order valence-electron chi connectivity index (χ2n) is 6.68. The number of hydrogen-bond acceptors (Lipinski definition) is 4. The molecule has 2 aliphatic heterocycles. The van der Waals surface area contributed by atoms with E-state index in [4.69, 9.17) is 9.47 Å². The minimum atomic E-state index is -0.00850. The molecule has 2 fully saturated rings. The van der Waals surface area contributed by atoms with Crippen LogP contribution in [0.15, 0.2) is 36.9 Å². The Morgan fingerprint density at radius 1 is 1.12 bits per heavy atom. The number of benzene rings is 1. The number of carbonyl (C=O) groups is 2. The smallest absolute Gasteiger partial charge is 0.257 e. The Bertz CT molecular complexity index is 647. The molecule has 0 aliphatic carbocycles. The molecule has 3 rings (SSSR count). The van der Waals surface area contributed by atoms with Crippen molar-refractivity contribution in [3.63, 3.8) is 0 Å². The first-order chi connectivity index (χ1) is 12.7. The first kappa shape index (κ1) is 18.5. The Balaban J connectivity index is 1.56. The molecule has 0 N–H and O–H groups in total. The van der Waals surface area contributed by atoms with Crippen LogP contribution in [0.5, 0.6) is 5.75 Å².